The first kappa shape index (κ1) is 21.2. The zero-order valence-electron chi connectivity index (χ0n) is 15.0. The molecule has 0 radical (unpaired) electrons. The molecule has 0 spiro atoms. The van der Waals surface area contributed by atoms with Crippen LogP contribution in [0.15, 0.2) is 53.4 Å². The highest BCUT2D eigenvalue weighted by Crippen LogP contribution is 2.27. The number of nitrogens with zero attached hydrogens (tertiary/aromatic N) is 1. The average Bonchev–Trinajstić information content (AvgIpc) is 2.67. The highest BCUT2D eigenvalue weighted by atomic mass is 35.5. The number of hydrogen-bond donors (Lipinski definition) is 1. The van der Waals surface area contributed by atoms with Crippen LogP contribution >= 0.6 is 11.6 Å². The number of likely N-dealkylation sites (N-methyl/N-ethyl adjacent to an activating group) is 1. The van der Waals surface area contributed by atoms with Crippen molar-refractivity contribution in [2.45, 2.75) is 4.90 Å². The fraction of sp³-hybridized carbons (Fsp3) is 0.278. The van der Waals surface area contributed by atoms with E-state index in [1.54, 1.807) is 19.2 Å². The molecule has 7 nitrogen and oxygen atoms in total. The zero-order chi connectivity index (χ0) is 19.9. The van der Waals surface area contributed by atoms with Crippen molar-refractivity contribution in [2.75, 3.05) is 38.8 Å². The highest BCUT2D eigenvalue weighted by Gasteiger charge is 2.17. The molecule has 0 bridgehead atoms. The van der Waals surface area contributed by atoms with Crippen molar-refractivity contribution in [3.8, 4) is 5.75 Å². The minimum atomic E-state index is -3.70. The average molecular weight is 413 g/mol. The van der Waals surface area contributed by atoms with Gasteiger partial charge in [0, 0.05) is 26.4 Å². The van der Waals surface area contributed by atoms with Crippen molar-refractivity contribution in [3.63, 3.8) is 0 Å². The van der Waals surface area contributed by atoms with Crippen molar-refractivity contribution in [2.24, 2.45) is 0 Å². The Morgan fingerprint density at radius 3 is 2.52 bits per heavy atom. The molecule has 2 aromatic rings. The van der Waals surface area contributed by atoms with Crippen LogP contribution in [0.2, 0.25) is 5.02 Å². The third-order valence-corrected chi connectivity index (χ3v) is 5.43. The number of anilines is 1. The number of benzene rings is 2. The molecule has 0 saturated heterocycles. The summed E-state index contributed by atoms with van der Waals surface area (Å²) in [5, 5.41) is 0.0970. The predicted octanol–water partition coefficient (Wildman–Crippen LogP) is 2.31. The van der Waals surface area contributed by atoms with Gasteiger partial charge in [0.2, 0.25) is 10.0 Å². The maximum atomic E-state index is 12.2. The Balaban J connectivity index is 2.01. The fourth-order valence-electron chi connectivity index (χ4n) is 2.16. The van der Waals surface area contributed by atoms with Crippen molar-refractivity contribution >= 4 is 33.2 Å². The van der Waals surface area contributed by atoms with E-state index in [0.29, 0.717) is 0 Å². The van der Waals surface area contributed by atoms with Crippen LogP contribution in [0.25, 0.3) is 0 Å². The smallest absolute Gasteiger partial charge is 0.264 e. The third kappa shape index (κ3) is 5.93. The van der Waals surface area contributed by atoms with Crippen LogP contribution in [0, 0.1) is 0 Å². The number of nitrogens with one attached hydrogen (secondary N) is 1. The van der Waals surface area contributed by atoms with Crippen LogP contribution in [0.5, 0.6) is 5.75 Å². The summed E-state index contributed by atoms with van der Waals surface area (Å²) in [6, 6.07) is 13.2. The first-order chi connectivity index (χ1) is 12.8. The van der Waals surface area contributed by atoms with Gasteiger partial charge < -0.3 is 14.4 Å². The normalized spacial score (nSPS) is 11.2. The molecular weight excluding hydrogens is 392 g/mol. The molecule has 1 amide bonds. The summed E-state index contributed by atoms with van der Waals surface area (Å²) in [7, 11) is -0.575. The van der Waals surface area contributed by atoms with E-state index in [1.165, 1.54) is 30.2 Å². The van der Waals surface area contributed by atoms with E-state index >= 15 is 0 Å². The molecule has 0 heterocycles. The lowest BCUT2D eigenvalue weighted by Gasteiger charge is -2.18. The second kappa shape index (κ2) is 9.70. The van der Waals surface area contributed by atoms with E-state index in [9.17, 15) is 13.2 Å². The third-order valence-electron chi connectivity index (χ3n) is 3.68. The van der Waals surface area contributed by atoms with Crippen molar-refractivity contribution < 1.29 is 22.7 Å². The largest absolute Gasteiger partial charge is 0.482 e. The second-order valence-corrected chi connectivity index (χ2v) is 7.73. The summed E-state index contributed by atoms with van der Waals surface area (Å²) in [5.74, 6) is -0.0440. The van der Waals surface area contributed by atoms with Gasteiger partial charge in [-0.2, -0.15) is 0 Å². The van der Waals surface area contributed by atoms with Gasteiger partial charge in [-0.25, -0.2) is 13.1 Å². The topological polar surface area (TPSA) is 84.9 Å². The molecule has 146 valence electrons. The molecule has 0 aromatic heterocycles. The number of para-hydroxylation sites is 1. The highest BCUT2D eigenvalue weighted by molar-refractivity contribution is 7.89. The molecule has 2 aromatic carbocycles. The van der Waals surface area contributed by atoms with Gasteiger partial charge in [0.1, 0.15) is 5.75 Å². The van der Waals surface area contributed by atoms with Gasteiger partial charge in [0.25, 0.3) is 5.91 Å². The van der Waals surface area contributed by atoms with Gasteiger partial charge in [-0.05, 0) is 30.3 Å². The Labute approximate surface area is 163 Å². The van der Waals surface area contributed by atoms with Crippen LogP contribution in [-0.2, 0) is 19.6 Å². The number of carbonyl (C=O) groups excluding carboxylic acids is 1. The van der Waals surface area contributed by atoms with Crippen LogP contribution in [-0.4, -0.2) is 48.2 Å². The molecule has 0 aliphatic heterocycles. The second-order valence-electron chi connectivity index (χ2n) is 5.56. The summed E-state index contributed by atoms with van der Waals surface area (Å²) in [6.45, 7) is 0.170. The number of sulfonamides is 1. The number of ether oxygens (including phenoxy) is 2. The van der Waals surface area contributed by atoms with E-state index in [2.05, 4.69) is 4.72 Å². The van der Waals surface area contributed by atoms with Gasteiger partial charge in [0.05, 0.1) is 16.5 Å². The minimum Gasteiger partial charge on any atom is -0.482 e. The summed E-state index contributed by atoms with van der Waals surface area (Å²) in [6.07, 6.45) is 0. The number of methoxy groups -OCH3 is 1. The monoisotopic (exact) mass is 412 g/mol. The summed E-state index contributed by atoms with van der Waals surface area (Å²) >= 11 is 6.11. The molecule has 0 aliphatic rings. The summed E-state index contributed by atoms with van der Waals surface area (Å²) < 4.78 is 37.0. The minimum absolute atomic E-state index is 0.00341. The molecule has 27 heavy (non-hydrogen) atoms. The van der Waals surface area contributed by atoms with Gasteiger partial charge in [-0.1, -0.05) is 29.8 Å². The quantitative estimate of drug-likeness (QED) is 0.639. The fourth-order valence-corrected chi connectivity index (χ4v) is 3.50. The molecule has 0 saturated carbocycles. The van der Waals surface area contributed by atoms with Crippen molar-refractivity contribution in [1.82, 2.24) is 4.72 Å². The molecule has 9 heteroatoms. The molecule has 0 aliphatic carbocycles. The maximum absolute atomic E-state index is 12.2. The number of carbonyl (C=O) groups is 1. The molecule has 1 N–H and O–H groups in total. The van der Waals surface area contributed by atoms with E-state index in [4.69, 9.17) is 21.1 Å². The molecule has 0 fully saturated rings. The number of rotatable bonds is 9. The number of halogens is 1. The van der Waals surface area contributed by atoms with Crippen LogP contribution in [0.1, 0.15) is 0 Å². The SMILES string of the molecule is COCCNS(=O)(=O)c1ccc(OCC(=O)N(C)c2ccccc2)c(Cl)c1. The van der Waals surface area contributed by atoms with Gasteiger partial charge >= 0.3 is 0 Å². The Kier molecular flexibility index (Phi) is 7.61. The lowest BCUT2D eigenvalue weighted by atomic mass is 10.3. The molecule has 2 rings (SSSR count). The van der Waals surface area contributed by atoms with Gasteiger partial charge in [-0.15, -0.1) is 0 Å². The van der Waals surface area contributed by atoms with E-state index in [1.807, 2.05) is 18.2 Å². The first-order valence-electron chi connectivity index (χ1n) is 8.07. The first-order valence-corrected chi connectivity index (χ1v) is 9.94. The standard InChI is InChI=1S/C18H21ClN2O5S/c1-21(14-6-4-3-5-7-14)18(22)13-26-17-9-8-15(12-16(17)19)27(23,24)20-10-11-25-2/h3-9,12,20H,10-11,13H2,1-2H3. The number of amides is 1. The van der Waals surface area contributed by atoms with Crippen LogP contribution < -0.4 is 14.4 Å². The summed E-state index contributed by atoms with van der Waals surface area (Å²) in [5.41, 5.74) is 0.737. The Hall–Kier alpha value is -2.13. The van der Waals surface area contributed by atoms with E-state index in [-0.39, 0.29) is 41.3 Å². The lowest BCUT2D eigenvalue weighted by Crippen LogP contribution is -2.31. The van der Waals surface area contributed by atoms with E-state index < -0.39 is 10.0 Å². The van der Waals surface area contributed by atoms with Crippen molar-refractivity contribution in [1.29, 1.82) is 0 Å². The van der Waals surface area contributed by atoms with Gasteiger partial charge in [-0.3, -0.25) is 4.79 Å². The van der Waals surface area contributed by atoms with Gasteiger partial charge in [0.15, 0.2) is 6.61 Å². The Morgan fingerprint density at radius 2 is 1.89 bits per heavy atom. The Bertz CT molecular complexity index is 875. The zero-order valence-corrected chi connectivity index (χ0v) is 16.6. The lowest BCUT2D eigenvalue weighted by molar-refractivity contribution is -0.120. The molecule has 0 unspecified atom stereocenters. The van der Waals surface area contributed by atoms with Crippen LogP contribution in [0.3, 0.4) is 0 Å². The van der Waals surface area contributed by atoms with E-state index in [0.717, 1.165) is 5.69 Å². The Morgan fingerprint density at radius 1 is 1.19 bits per heavy atom. The predicted molar refractivity (Wildman–Crippen MR) is 104 cm³/mol. The van der Waals surface area contributed by atoms with Crippen LogP contribution in [0.4, 0.5) is 5.69 Å². The maximum Gasteiger partial charge on any atom is 0.264 e. The summed E-state index contributed by atoms with van der Waals surface area (Å²) in [4.78, 5) is 13.7. The molecule has 0 atom stereocenters. The molecular formula is C18H21ClN2O5S. The van der Waals surface area contributed by atoms with Crippen molar-refractivity contribution in [3.05, 3.63) is 53.6 Å². The number of hydrogen-bond acceptors (Lipinski definition) is 5.